The summed E-state index contributed by atoms with van der Waals surface area (Å²) in [7, 11) is 0. The molecular formula is C51H65N7O9. The van der Waals surface area contributed by atoms with E-state index in [1.54, 1.807) is 60.7 Å². The van der Waals surface area contributed by atoms with Gasteiger partial charge in [0.15, 0.2) is 17.3 Å². The fourth-order valence-corrected chi connectivity index (χ4v) is 9.07. The predicted molar refractivity (Wildman–Crippen MR) is 250 cm³/mol. The number of hydrogen-bond donors (Lipinski definition) is 4. The van der Waals surface area contributed by atoms with Crippen LogP contribution in [0.2, 0.25) is 0 Å². The fraction of sp³-hybridized carbons (Fsp3) is 0.510. The molecule has 16 nitrogen and oxygen atoms in total. The van der Waals surface area contributed by atoms with Crippen LogP contribution in [0.5, 0.6) is 0 Å². The molecular weight excluding hydrogens is 855 g/mol. The Morgan fingerprint density at radius 3 is 2.09 bits per heavy atom. The number of rotatable bonds is 22. The van der Waals surface area contributed by atoms with Crippen molar-refractivity contribution in [1.29, 1.82) is 0 Å². The van der Waals surface area contributed by atoms with Crippen molar-refractivity contribution in [3.05, 3.63) is 90.5 Å². The maximum Gasteiger partial charge on any atom is 0.321 e. The molecule has 358 valence electrons. The molecule has 0 bridgehead atoms. The quantitative estimate of drug-likeness (QED) is 0.0834. The van der Waals surface area contributed by atoms with Gasteiger partial charge in [-0.05, 0) is 55.2 Å². The Kier molecular flexibility index (Phi) is 18.7. The van der Waals surface area contributed by atoms with Crippen molar-refractivity contribution in [3.63, 3.8) is 0 Å². The van der Waals surface area contributed by atoms with Crippen LogP contribution in [0.15, 0.2) is 79.3 Å². The summed E-state index contributed by atoms with van der Waals surface area (Å²) in [5.41, 5.74) is 0.400. The maximum absolute atomic E-state index is 14.5. The van der Waals surface area contributed by atoms with Gasteiger partial charge < -0.3 is 26.2 Å². The average Bonchev–Trinajstić information content (AvgIpc) is 3.75. The van der Waals surface area contributed by atoms with E-state index < -0.39 is 88.8 Å². The normalized spacial score (nSPS) is 18.1. The number of nitrogens with one attached hydrogen (secondary N) is 4. The second kappa shape index (κ2) is 24.4. The molecule has 2 aromatic carbocycles. The third kappa shape index (κ3) is 14.8. The van der Waals surface area contributed by atoms with Crippen molar-refractivity contribution in [3.8, 4) is 0 Å². The highest BCUT2D eigenvalue weighted by atomic mass is 16.2. The molecule has 2 heterocycles. The molecule has 0 unspecified atom stereocenters. The molecule has 1 saturated heterocycles. The Morgan fingerprint density at radius 2 is 1.48 bits per heavy atom. The van der Waals surface area contributed by atoms with Gasteiger partial charge in [0.2, 0.25) is 17.6 Å². The van der Waals surface area contributed by atoms with Gasteiger partial charge in [0.25, 0.3) is 5.91 Å². The summed E-state index contributed by atoms with van der Waals surface area (Å²) >= 11 is 0. The summed E-state index contributed by atoms with van der Waals surface area (Å²) in [6, 6.07) is 14.2. The first-order valence-corrected chi connectivity index (χ1v) is 23.4. The Morgan fingerprint density at radius 1 is 0.806 bits per heavy atom. The number of urea groups is 1. The summed E-state index contributed by atoms with van der Waals surface area (Å²) in [6.07, 6.45) is 7.79. The van der Waals surface area contributed by atoms with E-state index in [4.69, 9.17) is 0 Å². The van der Waals surface area contributed by atoms with E-state index >= 15 is 0 Å². The molecule has 5 amide bonds. The molecule has 1 aliphatic heterocycles. The van der Waals surface area contributed by atoms with Crippen LogP contribution in [-0.2, 0) is 33.6 Å². The van der Waals surface area contributed by atoms with Crippen LogP contribution in [-0.4, -0.2) is 92.7 Å². The fourth-order valence-electron chi connectivity index (χ4n) is 9.07. The zero-order valence-electron chi connectivity index (χ0n) is 39.3. The molecule has 0 spiro atoms. The molecule has 16 heteroatoms. The largest absolute Gasteiger partial charge is 0.351 e. The molecule has 1 saturated carbocycles. The molecule has 1 aliphatic carbocycles. The number of anilines is 1. The lowest BCUT2D eigenvalue weighted by molar-refractivity contribution is -0.141. The van der Waals surface area contributed by atoms with Gasteiger partial charge in [0.1, 0.15) is 17.5 Å². The van der Waals surface area contributed by atoms with Crippen molar-refractivity contribution < 1.29 is 43.2 Å². The van der Waals surface area contributed by atoms with Crippen LogP contribution in [0.25, 0.3) is 0 Å². The summed E-state index contributed by atoms with van der Waals surface area (Å²) in [5, 5.41) is 11.4. The Labute approximate surface area is 392 Å². The van der Waals surface area contributed by atoms with Crippen molar-refractivity contribution in [1.82, 2.24) is 30.8 Å². The van der Waals surface area contributed by atoms with E-state index in [0.717, 1.165) is 32.1 Å². The molecule has 2 aliphatic rings. The highest BCUT2D eigenvalue weighted by molar-refractivity contribution is 6.38. The first kappa shape index (κ1) is 51.5. The lowest BCUT2D eigenvalue weighted by Gasteiger charge is -2.34. The van der Waals surface area contributed by atoms with Crippen molar-refractivity contribution in [2.75, 3.05) is 18.4 Å². The van der Waals surface area contributed by atoms with Gasteiger partial charge in [-0.3, -0.25) is 43.3 Å². The van der Waals surface area contributed by atoms with Gasteiger partial charge in [-0.15, -0.1) is 0 Å². The minimum absolute atomic E-state index is 0.0604. The van der Waals surface area contributed by atoms with Crippen molar-refractivity contribution >= 4 is 58.4 Å². The van der Waals surface area contributed by atoms with Gasteiger partial charge in [-0.1, -0.05) is 102 Å². The number of carbonyl (C=O) groups excluding carboxylic acids is 9. The van der Waals surface area contributed by atoms with Crippen LogP contribution in [0.3, 0.4) is 0 Å². The molecule has 3 aromatic rings. The van der Waals surface area contributed by atoms with E-state index in [0.29, 0.717) is 17.7 Å². The Hall–Kier alpha value is -6.45. The van der Waals surface area contributed by atoms with E-state index in [1.807, 2.05) is 27.7 Å². The standard InChI is InChI=1S/C51H65N7O9/c1-6-16-35(47(64)41(60)23-24-44(63)56-45(32(2)59)33-17-10-7-11-18-33)27-42(61)37-30-58(50(67)54-36-21-14-9-15-22-36)31-40(37)55-48(65)38(51(3,4)5)28-43(62)46(34-19-12-8-13-20-34)57-49(66)39-29-52-25-26-53-39/h7,9-11,14-15,17-18,21-22,25-26,29,34-35,37-38,40,45-46H,6,8,12-13,16,19-20,23-24,27-28,30-31H2,1-5H3,(H,54,67)(H,55,65)(H,56,63)(H,57,66)/t35-,37-,38-,40+,45-,46+/m1/s1. The Balaban J connectivity index is 1.32. The third-order valence-electron chi connectivity index (χ3n) is 12.8. The number of likely N-dealkylation sites (tertiary alicyclic amines) is 1. The van der Waals surface area contributed by atoms with E-state index in [9.17, 15) is 43.2 Å². The topological polar surface area (TPSA) is 231 Å². The van der Waals surface area contributed by atoms with Crippen LogP contribution >= 0.6 is 0 Å². The minimum atomic E-state index is -1.01. The van der Waals surface area contributed by atoms with Crippen molar-refractivity contribution in [2.24, 2.45) is 29.1 Å². The molecule has 0 radical (unpaired) electrons. The van der Waals surface area contributed by atoms with Gasteiger partial charge in [-0.25, -0.2) is 9.78 Å². The van der Waals surface area contributed by atoms with Gasteiger partial charge in [-0.2, -0.15) is 0 Å². The molecule has 1 aromatic heterocycles. The summed E-state index contributed by atoms with van der Waals surface area (Å²) in [5.74, 6) is -7.32. The number of hydrogen-bond acceptors (Lipinski definition) is 11. The molecule has 6 atom stereocenters. The van der Waals surface area contributed by atoms with Crippen molar-refractivity contribution in [2.45, 2.75) is 123 Å². The van der Waals surface area contributed by atoms with Crippen LogP contribution < -0.4 is 21.3 Å². The number of benzene rings is 2. The monoisotopic (exact) mass is 919 g/mol. The van der Waals surface area contributed by atoms with Crippen LogP contribution in [0, 0.1) is 29.1 Å². The second-order valence-corrected chi connectivity index (χ2v) is 18.9. The highest BCUT2D eigenvalue weighted by Gasteiger charge is 2.45. The number of carbonyl (C=O) groups is 9. The van der Waals surface area contributed by atoms with Gasteiger partial charge in [0, 0.05) is 68.7 Å². The predicted octanol–water partition coefficient (Wildman–Crippen LogP) is 6.17. The van der Waals surface area contributed by atoms with E-state index in [1.165, 1.54) is 30.4 Å². The maximum atomic E-state index is 14.5. The van der Waals surface area contributed by atoms with Gasteiger partial charge in [0.05, 0.1) is 24.2 Å². The SMILES string of the molecule is CCC[C@H](CC(=O)[C@@H]1CN(C(=O)Nc2ccccc2)C[C@@H]1NC(=O)[C@@H](CC(=O)[C@@H](NC(=O)c1cnccn1)C1CCCCC1)C(C)(C)C)C(=O)C(=O)CCC(=O)N[C@H](C(C)=O)c1ccccc1. The van der Waals surface area contributed by atoms with Gasteiger partial charge >= 0.3 is 6.03 Å². The molecule has 67 heavy (non-hydrogen) atoms. The van der Waals surface area contributed by atoms with Crippen LogP contribution in [0.4, 0.5) is 10.5 Å². The number of amides is 5. The smallest absolute Gasteiger partial charge is 0.321 e. The van der Waals surface area contributed by atoms with Crippen LogP contribution in [0.1, 0.15) is 127 Å². The Bertz CT molecular complexity index is 2230. The zero-order valence-corrected chi connectivity index (χ0v) is 39.3. The third-order valence-corrected chi connectivity index (χ3v) is 12.8. The lowest BCUT2D eigenvalue weighted by atomic mass is 9.74. The lowest BCUT2D eigenvalue weighted by Crippen LogP contribution is -2.51. The summed E-state index contributed by atoms with van der Waals surface area (Å²) in [6.45, 7) is 8.51. The summed E-state index contributed by atoms with van der Waals surface area (Å²) < 4.78 is 0. The van der Waals surface area contributed by atoms with E-state index in [-0.39, 0.29) is 62.0 Å². The number of para-hydroxylation sites is 1. The first-order chi connectivity index (χ1) is 32.0. The molecule has 4 N–H and O–H groups in total. The highest BCUT2D eigenvalue weighted by Crippen LogP contribution is 2.34. The first-order valence-electron chi connectivity index (χ1n) is 23.4. The number of ketones is 5. The average molecular weight is 920 g/mol. The summed E-state index contributed by atoms with van der Waals surface area (Å²) in [4.78, 5) is 132. The zero-order chi connectivity index (χ0) is 48.7. The minimum Gasteiger partial charge on any atom is -0.351 e. The number of Topliss-reactive ketones (excluding diaryl/α,β-unsaturated/α-hetero) is 5. The molecule has 2 fully saturated rings. The van der Waals surface area contributed by atoms with E-state index in [2.05, 4.69) is 31.2 Å². The number of nitrogens with zero attached hydrogens (tertiary/aromatic N) is 3. The number of aromatic nitrogens is 2. The molecule has 5 rings (SSSR count). The second-order valence-electron chi connectivity index (χ2n) is 18.9.